The molecule has 0 heteroatoms. The molecule has 19 heavy (non-hydrogen) atoms. The van der Waals surface area contributed by atoms with Crippen molar-refractivity contribution in [3.05, 3.63) is 35.9 Å². The number of aryl methyl sites for hydroxylation is 1. The van der Waals surface area contributed by atoms with E-state index in [4.69, 9.17) is 0 Å². The summed E-state index contributed by atoms with van der Waals surface area (Å²) in [5.41, 5.74) is 1.48. The number of rotatable bonds is 4. The molecule has 1 aliphatic carbocycles. The van der Waals surface area contributed by atoms with E-state index in [1.165, 1.54) is 44.1 Å². The molecule has 1 aliphatic rings. The fraction of sp³-hybridized carbons (Fsp3) is 0.579. The van der Waals surface area contributed by atoms with Crippen LogP contribution in [-0.4, -0.2) is 0 Å². The lowest BCUT2D eigenvalue weighted by Gasteiger charge is -2.16. The van der Waals surface area contributed by atoms with Gasteiger partial charge < -0.3 is 0 Å². The first-order valence-electron chi connectivity index (χ1n) is 7.95. The molecule has 0 fully saturated rings. The van der Waals surface area contributed by atoms with Crippen molar-refractivity contribution in [2.24, 2.45) is 5.92 Å². The Balaban J connectivity index is 0.000000861. The Kier molecular flexibility index (Phi) is 8.90. The van der Waals surface area contributed by atoms with Gasteiger partial charge in [0.25, 0.3) is 0 Å². The fourth-order valence-electron chi connectivity index (χ4n) is 2.60. The Labute approximate surface area is 119 Å². The van der Waals surface area contributed by atoms with Crippen LogP contribution in [0.1, 0.15) is 64.4 Å². The van der Waals surface area contributed by atoms with Crippen molar-refractivity contribution in [2.75, 3.05) is 0 Å². The van der Waals surface area contributed by atoms with Gasteiger partial charge in [0.2, 0.25) is 0 Å². The van der Waals surface area contributed by atoms with Crippen molar-refractivity contribution >= 4 is 0 Å². The molecule has 0 saturated heterocycles. The molecule has 0 aliphatic heterocycles. The van der Waals surface area contributed by atoms with Gasteiger partial charge in [-0.05, 0) is 43.6 Å². The molecular formula is C19H28. The summed E-state index contributed by atoms with van der Waals surface area (Å²) in [4.78, 5) is 0. The molecule has 0 saturated carbocycles. The maximum absolute atomic E-state index is 3.28. The second kappa shape index (κ2) is 10.7. The predicted octanol–water partition coefficient (Wildman–Crippen LogP) is 5.62. The topological polar surface area (TPSA) is 0 Å². The molecule has 1 aromatic carbocycles. The van der Waals surface area contributed by atoms with Crippen LogP contribution in [0.2, 0.25) is 0 Å². The van der Waals surface area contributed by atoms with Gasteiger partial charge in [0, 0.05) is 12.8 Å². The summed E-state index contributed by atoms with van der Waals surface area (Å²) in [5.74, 6) is 7.44. The molecule has 1 unspecified atom stereocenters. The third-order valence-corrected chi connectivity index (χ3v) is 3.64. The first-order valence-corrected chi connectivity index (χ1v) is 7.95. The van der Waals surface area contributed by atoms with Gasteiger partial charge in [0.1, 0.15) is 0 Å². The quantitative estimate of drug-likeness (QED) is 0.613. The molecule has 0 heterocycles. The number of hydrogen-bond donors (Lipinski definition) is 0. The van der Waals surface area contributed by atoms with Gasteiger partial charge in [-0.1, -0.05) is 50.6 Å². The van der Waals surface area contributed by atoms with Crippen molar-refractivity contribution in [1.29, 1.82) is 0 Å². The van der Waals surface area contributed by atoms with Crippen molar-refractivity contribution in [3.63, 3.8) is 0 Å². The molecule has 0 radical (unpaired) electrons. The number of hydrogen-bond acceptors (Lipinski definition) is 0. The van der Waals surface area contributed by atoms with Crippen LogP contribution in [0.15, 0.2) is 30.3 Å². The molecule has 1 aromatic rings. The minimum Gasteiger partial charge on any atom is -0.103 e. The van der Waals surface area contributed by atoms with E-state index >= 15 is 0 Å². The van der Waals surface area contributed by atoms with E-state index in [2.05, 4.69) is 42.2 Å². The average molecular weight is 256 g/mol. The van der Waals surface area contributed by atoms with Crippen LogP contribution in [0.5, 0.6) is 0 Å². The predicted molar refractivity (Wildman–Crippen MR) is 85.1 cm³/mol. The third-order valence-electron chi connectivity index (χ3n) is 3.64. The highest BCUT2D eigenvalue weighted by molar-refractivity contribution is 5.14. The van der Waals surface area contributed by atoms with Crippen LogP contribution in [-0.2, 0) is 6.42 Å². The molecule has 0 spiro atoms. The van der Waals surface area contributed by atoms with Gasteiger partial charge in [0.15, 0.2) is 0 Å². The molecule has 0 aromatic heterocycles. The summed E-state index contributed by atoms with van der Waals surface area (Å²) in [6, 6.07) is 10.9. The van der Waals surface area contributed by atoms with E-state index in [-0.39, 0.29) is 0 Å². The average Bonchev–Trinajstić information content (AvgIpc) is 2.44. The summed E-state index contributed by atoms with van der Waals surface area (Å²) < 4.78 is 0. The van der Waals surface area contributed by atoms with Crippen LogP contribution in [0.4, 0.5) is 0 Å². The second-order valence-corrected chi connectivity index (χ2v) is 5.03. The van der Waals surface area contributed by atoms with Crippen molar-refractivity contribution in [3.8, 4) is 11.8 Å². The van der Waals surface area contributed by atoms with Crippen molar-refractivity contribution in [2.45, 2.75) is 65.2 Å². The maximum atomic E-state index is 3.28. The van der Waals surface area contributed by atoms with Gasteiger partial charge in [0.05, 0.1) is 0 Å². The molecule has 0 nitrogen and oxygen atoms in total. The maximum Gasteiger partial charge on any atom is 0.00913 e. The van der Waals surface area contributed by atoms with E-state index in [0.29, 0.717) is 0 Å². The van der Waals surface area contributed by atoms with Gasteiger partial charge >= 0.3 is 0 Å². The molecule has 0 amide bonds. The van der Waals surface area contributed by atoms with Crippen LogP contribution < -0.4 is 0 Å². The van der Waals surface area contributed by atoms with Crippen LogP contribution in [0, 0.1) is 17.8 Å². The summed E-state index contributed by atoms with van der Waals surface area (Å²) in [6.07, 6.45) is 10.2. The standard InChI is InChI=1S/C17H22.C2H6/c1-2-5-10-16(11-6-3-1)14-9-15-17-12-7-4-8-13-17;1-2/h4,7-8,12-13,16H,2,5-6,9-11,14-15H2;1-2H3. The first-order chi connectivity index (χ1) is 9.45. The third kappa shape index (κ3) is 7.06. The molecule has 0 bridgehead atoms. The van der Waals surface area contributed by atoms with Crippen LogP contribution in [0.3, 0.4) is 0 Å². The molecule has 1 atom stereocenters. The van der Waals surface area contributed by atoms with Gasteiger partial charge in [-0.15, -0.1) is 11.8 Å². The molecule has 0 N–H and O–H groups in total. The van der Waals surface area contributed by atoms with E-state index in [1.807, 2.05) is 13.8 Å². The lowest BCUT2D eigenvalue weighted by molar-refractivity contribution is 0.401. The van der Waals surface area contributed by atoms with E-state index < -0.39 is 0 Å². The highest BCUT2D eigenvalue weighted by atomic mass is 14.1. The zero-order valence-electron chi connectivity index (χ0n) is 12.6. The summed E-state index contributed by atoms with van der Waals surface area (Å²) in [6.45, 7) is 4.00. The lowest BCUT2D eigenvalue weighted by atomic mass is 9.90. The second-order valence-electron chi connectivity index (χ2n) is 5.03. The Morgan fingerprint density at radius 1 is 1.00 bits per heavy atom. The molecule has 2 rings (SSSR count). The van der Waals surface area contributed by atoms with Gasteiger partial charge in [-0.2, -0.15) is 0 Å². The zero-order chi connectivity index (χ0) is 13.8. The van der Waals surface area contributed by atoms with E-state index in [0.717, 1.165) is 18.8 Å². The van der Waals surface area contributed by atoms with E-state index in [1.54, 1.807) is 0 Å². The summed E-state index contributed by atoms with van der Waals surface area (Å²) >= 11 is 0. The minimum absolute atomic E-state index is 0.924. The number of benzene rings is 1. The Morgan fingerprint density at radius 2 is 1.74 bits per heavy atom. The Bertz CT molecular complexity index is 366. The van der Waals surface area contributed by atoms with Gasteiger partial charge in [-0.3, -0.25) is 0 Å². The molecule has 104 valence electrons. The normalized spacial score (nSPS) is 18.1. The largest absolute Gasteiger partial charge is 0.103 e. The van der Waals surface area contributed by atoms with Gasteiger partial charge in [-0.25, -0.2) is 0 Å². The lowest BCUT2D eigenvalue weighted by Crippen LogP contribution is -2.02. The van der Waals surface area contributed by atoms with Crippen LogP contribution in [0.25, 0.3) is 0 Å². The highest BCUT2D eigenvalue weighted by Crippen LogP contribution is 2.22. The Morgan fingerprint density at radius 3 is 2.53 bits per heavy atom. The fourth-order valence-corrected chi connectivity index (χ4v) is 2.60. The summed E-state index contributed by atoms with van der Waals surface area (Å²) in [5, 5.41) is 0. The Hall–Kier alpha value is -1.22. The first kappa shape index (κ1) is 15.8. The van der Waals surface area contributed by atoms with Crippen molar-refractivity contribution in [1.82, 2.24) is 0 Å². The SMILES string of the molecule is C1#CCCC(CCCc2ccccc2)CCC1.CC. The van der Waals surface area contributed by atoms with Crippen LogP contribution >= 0.6 is 0 Å². The molecular weight excluding hydrogens is 228 g/mol. The summed E-state index contributed by atoms with van der Waals surface area (Å²) in [7, 11) is 0. The smallest absolute Gasteiger partial charge is 0.00913 e. The zero-order valence-corrected chi connectivity index (χ0v) is 12.6. The van der Waals surface area contributed by atoms with Crippen molar-refractivity contribution < 1.29 is 0 Å². The van der Waals surface area contributed by atoms with E-state index in [9.17, 15) is 0 Å². The monoisotopic (exact) mass is 256 g/mol. The highest BCUT2D eigenvalue weighted by Gasteiger charge is 2.08. The minimum atomic E-state index is 0.924.